The molecule has 2 heterocycles. The lowest BCUT2D eigenvalue weighted by Gasteiger charge is -2.39. The Balaban J connectivity index is 1.61. The molecule has 1 saturated heterocycles. The van der Waals surface area contributed by atoms with Crippen LogP contribution in [0.3, 0.4) is 0 Å². The van der Waals surface area contributed by atoms with Gasteiger partial charge in [-0.15, -0.1) is 0 Å². The molecular weight excluding hydrogens is 497 g/mol. The molecule has 0 bridgehead atoms. The fourth-order valence-electron chi connectivity index (χ4n) is 5.10. The van der Waals surface area contributed by atoms with Crippen LogP contribution in [0.4, 0.5) is 23.7 Å². The van der Waals surface area contributed by atoms with Crippen LogP contribution >= 0.6 is 0 Å². The third-order valence-corrected chi connectivity index (χ3v) is 6.88. The Morgan fingerprint density at radius 1 is 1.08 bits per heavy atom. The number of hydrogen-bond acceptors (Lipinski definition) is 3. The third-order valence-electron chi connectivity index (χ3n) is 6.88. The maximum absolute atomic E-state index is 14.0. The first-order chi connectivity index (χ1) is 17.9. The van der Waals surface area contributed by atoms with Crippen molar-refractivity contribution >= 4 is 28.5 Å². The van der Waals surface area contributed by atoms with Crippen molar-refractivity contribution in [2.24, 2.45) is 5.92 Å². The number of carbonyl (C=O) groups is 2. The highest BCUT2D eigenvalue weighted by atomic mass is 19.4. The predicted octanol–water partition coefficient (Wildman–Crippen LogP) is 5.80. The van der Waals surface area contributed by atoms with Crippen LogP contribution in [-0.2, 0) is 6.18 Å². The molecule has 10 heteroatoms. The Labute approximate surface area is 219 Å². The third kappa shape index (κ3) is 5.96. The maximum atomic E-state index is 14.0. The van der Waals surface area contributed by atoms with Crippen molar-refractivity contribution in [2.45, 2.75) is 51.8 Å². The second-order valence-electron chi connectivity index (χ2n) is 10.3. The van der Waals surface area contributed by atoms with Gasteiger partial charge in [-0.3, -0.25) is 4.79 Å². The summed E-state index contributed by atoms with van der Waals surface area (Å²) in [5.74, 6) is 0.0787. The van der Waals surface area contributed by atoms with Gasteiger partial charge in [0, 0.05) is 48.2 Å². The lowest BCUT2D eigenvalue weighted by Crippen LogP contribution is -2.48. The monoisotopic (exact) mass is 530 g/mol. The summed E-state index contributed by atoms with van der Waals surface area (Å²) in [6.07, 6.45) is -1.63. The number of nitrogens with zero attached hydrogens (tertiary/aromatic N) is 2. The van der Waals surface area contributed by atoms with Crippen molar-refractivity contribution in [3.8, 4) is 5.69 Å². The molecule has 38 heavy (non-hydrogen) atoms. The summed E-state index contributed by atoms with van der Waals surface area (Å²) in [7, 11) is 0. The highest BCUT2D eigenvalue weighted by Crippen LogP contribution is 2.38. The van der Waals surface area contributed by atoms with Crippen molar-refractivity contribution in [3.05, 3.63) is 59.8 Å². The van der Waals surface area contributed by atoms with Gasteiger partial charge in [-0.25, -0.2) is 4.79 Å². The summed E-state index contributed by atoms with van der Waals surface area (Å²) in [6, 6.07) is 9.89. The fourth-order valence-corrected chi connectivity index (χ4v) is 5.10. The zero-order chi connectivity index (χ0) is 27.7. The van der Waals surface area contributed by atoms with E-state index in [4.69, 9.17) is 0 Å². The number of aliphatic hydroxyl groups is 1. The molecule has 3 aromatic rings. The summed E-state index contributed by atoms with van der Waals surface area (Å²) >= 11 is 0. The first-order valence-corrected chi connectivity index (χ1v) is 12.8. The Kier molecular flexibility index (Phi) is 7.73. The van der Waals surface area contributed by atoms with E-state index in [0.717, 1.165) is 6.07 Å². The van der Waals surface area contributed by atoms with Crippen LogP contribution in [0, 0.1) is 5.92 Å². The summed E-state index contributed by atoms with van der Waals surface area (Å²) in [4.78, 5) is 26.5. The predicted molar refractivity (Wildman–Crippen MR) is 141 cm³/mol. The second kappa shape index (κ2) is 10.7. The number of hydrogen-bond donors (Lipinski definition) is 3. The van der Waals surface area contributed by atoms with E-state index in [0.29, 0.717) is 56.1 Å². The lowest BCUT2D eigenvalue weighted by atomic mass is 9.84. The van der Waals surface area contributed by atoms with Gasteiger partial charge in [-0.2, -0.15) is 13.2 Å². The van der Waals surface area contributed by atoms with Crippen molar-refractivity contribution in [2.75, 3.05) is 25.0 Å². The van der Waals surface area contributed by atoms with Crippen LogP contribution in [0.15, 0.2) is 48.7 Å². The minimum Gasteiger partial charge on any atom is -0.390 e. The SMILES string of the molecule is CCNC(=O)c1ccc(-n2ccc3c(C(F)(F)F)cc(NC(=O)N4CCC(O)(CC(C)C)CC4)cc32)cc1. The standard InChI is InChI=1S/C28H33F3N4O3/c1-4-32-25(36)19-5-7-21(8-6-19)35-12-9-22-23(28(29,30)31)15-20(16-24(22)35)33-26(37)34-13-10-27(38,11-14-34)17-18(2)3/h5-9,12,15-16,18,38H,4,10-11,13-14,17H2,1-3H3,(H,32,36)(H,33,37). The Bertz CT molecular complexity index is 1310. The number of halogens is 3. The molecule has 0 unspecified atom stereocenters. The van der Waals surface area contributed by atoms with Gasteiger partial charge in [0.1, 0.15) is 0 Å². The summed E-state index contributed by atoms with van der Waals surface area (Å²) < 4.78 is 43.6. The number of amides is 3. The Hall–Kier alpha value is -3.53. The van der Waals surface area contributed by atoms with E-state index in [-0.39, 0.29) is 22.5 Å². The van der Waals surface area contributed by atoms with Crippen LogP contribution in [0.25, 0.3) is 16.6 Å². The smallest absolute Gasteiger partial charge is 0.390 e. The molecule has 4 rings (SSSR count). The fraction of sp³-hybridized carbons (Fsp3) is 0.429. The average molecular weight is 531 g/mol. The molecule has 0 spiro atoms. The number of rotatable bonds is 6. The van der Waals surface area contributed by atoms with Gasteiger partial charge in [0.05, 0.1) is 16.7 Å². The molecule has 0 saturated carbocycles. The number of urea groups is 1. The molecule has 0 aliphatic carbocycles. The molecule has 1 fully saturated rings. The number of alkyl halides is 3. The average Bonchev–Trinajstić information content (AvgIpc) is 3.26. The van der Waals surface area contributed by atoms with Crippen molar-refractivity contribution in [1.29, 1.82) is 0 Å². The minimum atomic E-state index is -4.63. The second-order valence-corrected chi connectivity index (χ2v) is 10.3. The van der Waals surface area contributed by atoms with E-state index in [9.17, 15) is 27.9 Å². The molecule has 3 N–H and O–H groups in total. The largest absolute Gasteiger partial charge is 0.417 e. The molecule has 1 aliphatic rings. The van der Waals surface area contributed by atoms with E-state index in [2.05, 4.69) is 10.6 Å². The van der Waals surface area contributed by atoms with Crippen LogP contribution in [-0.4, -0.2) is 51.7 Å². The van der Waals surface area contributed by atoms with Crippen LogP contribution < -0.4 is 10.6 Å². The molecule has 1 aliphatic heterocycles. The van der Waals surface area contributed by atoms with Gasteiger partial charge >= 0.3 is 12.2 Å². The topological polar surface area (TPSA) is 86.6 Å². The normalized spacial score (nSPS) is 15.6. The van der Waals surface area contributed by atoms with E-state index in [1.807, 2.05) is 20.8 Å². The van der Waals surface area contributed by atoms with Crippen molar-refractivity contribution < 1.29 is 27.9 Å². The Morgan fingerprint density at radius 3 is 2.32 bits per heavy atom. The van der Waals surface area contributed by atoms with Gasteiger partial charge in [-0.1, -0.05) is 13.8 Å². The van der Waals surface area contributed by atoms with E-state index >= 15 is 0 Å². The molecule has 204 valence electrons. The molecule has 7 nitrogen and oxygen atoms in total. The molecule has 0 atom stereocenters. The van der Waals surface area contributed by atoms with Crippen molar-refractivity contribution in [1.82, 2.24) is 14.8 Å². The van der Waals surface area contributed by atoms with Gasteiger partial charge < -0.3 is 25.2 Å². The quantitative estimate of drug-likeness (QED) is 0.376. The number of benzene rings is 2. The number of carbonyl (C=O) groups excluding carboxylic acids is 2. The number of nitrogens with one attached hydrogen (secondary N) is 2. The van der Waals surface area contributed by atoms with Gasteiger partial charge in [0.15, 0.2) is 0 Å². The first-order valence-electron chi connectivity index (χ1n) is 12.8. The zero-order valence-corrected chi connectivity index (χ0v) is 21.7. The van der Waals surface area contributed by atoms with E-state index < -0.39 is 23.4 Å². The van der Waals surface area contributed by atoms with Gasteiger partial charge in [0.2, 0.25) is 0 Å². The number of likely N-dealkylation sites (tertiary alicyclic amines) is 1. The number of aromatic nitrogens is 1. The highest BCUT2D eigenvalue weighted by molar-refractivity contribution is 5.96. The first kappa shape index (κ1) is 27.5. The summed E-state index contributed by atoms with van der Waals surface area (Å²) in [6.45, 7) is 6.98. The maximum Gasteiger partial charge on any atom is 0.417 e. The van der Waals surface area contributed by atoms with Crippen molar-refractivity contribution in [3.63, 3.8) is 0 Å². The molecule has 3 amide bonds. The Morgan fingerprint density at radius 2 is 1.74 bits per heavy atom. The molecule has 2 aromatic carbocycles. The highest BCUT2D eigenvalue weighted by Gasteiger charge is 2.36. The van der Waals surface area contributed by atoms with Crippen LogP contribution in [0.1, 0.15) is 56.0 Å². The minimum absolute atomic E-state index is 0.0000219. The lowest BCUT2D eigenvalue weighted by molar-refractivity contribution is -0.136. The number of fused-ring (bicyclic) bond motifs is 1. The van der Waals surface area contributed by atoms with Gasteiger partial charge in [0.25, 0.3) is 5.91 Å². The molecule has 0 radical (unpaired) electrons. The number of anilines is 1. The van der Waals surface area contributed by atoms with Crippen LogP contribution in [0.5, 0.6) is 0 Å². The summed E-state index contributed by atoms with van der Waals surface area (Å²) in [5.41, 5.74) is -0.376. The summed E-state index contributed by atoms with van der Waals surface area (Å²) in [5, 5.41) is 16.1. The zero-order valence-electron chi connectivity index (χ0n) is 21.7. The van der Waals surface area contributed by atoms with Crippen LogP contribution in [0.2, 0.25) is 0 Å². The van der Waals surface area contributed by atoms with E-state index in [1.54, 1.807) is 28.8 Å². The number of piperidine rings is 1. The molecule has 1 aromatic heterocycles. The molecular formula is C28H33F3N4O3. The van der Waals surface area contributed by atoms with E-state index in [1.165, 1.54) is 23.2 Å². The van der Waals surface area contributed by atoms with Gasteiger partial charge in [-0.05, 0) is 74.6 Å².